The molecule has 0 bridgehead atoms. The van der Waals surface area contributed by atoms with E-state index in [-0.39, 0.29) is 5.91 Å². The maximum atomic E-state index is 12.4. The summed E-state index contributed by atoms with van der Waals surface area (Å²) in [7, 11) is 0. The van der Waals surface area contributed by atoms with Crippen LogP contribution < -0.4 is 5.32 Å². The van der Waals surface area contributed by atoms with Crippen molar-refractivity contribution >= 4 is 5.91 Å². The molecule has 2 saturated carbocycles. The molecule has 0 aromatic carbocycles. The van der Waals surface area contributed by atoms with Crippen LogP contribution in [-0.4, -0.2) is 17.1 Å². The van der Waals surface area contributed by atoms with Gasteiger partial charge in [0.2, 0.25) is 0 Å². The standard InChI is InChI=1S/C17H26N2O2/c1-10-7-11(2)13-5-4-6-16(14(13)8-10)18-17(20)15-9-21-19-12(15)3/h9-11,13-14,16H,4-8H2,1-3H3,(H,18,20). The van der Waals surface area contributed by atoms with Crippen molar-refractivity contribution in [3.63, 3.8) is 0 Å². The first-order valence-electron chi connectivity index (χ1n) is 8.28. The number of fused-ring (bicyclic) bond motifs is 1. The van der Waals surface area contributed by atoms with E-state index in [1.807, 2.05) is 6.92 Å². The Kier molecular flexibility index (Phi) is 4.05. The van der Waals surface area contributed by atoms with E-state index >= 15 is 0 Å². The molecule has 4 heteroatoms. The van der Waals surface area contributed by atoms with Gasteiger partial charge in [-0.05, 0) is 56.3 Å². The van der Waals surface area contributed by atoms with E-state index in [4.69, 9.17) is 4.52 Å². The molecule has 5 unspecified atom stereocenters. The van der Waals surface area contributed by atoms with Crippen molar-refractivity contribution in [2.75, 3.05) is 0 Å². The fraction of sp³-hybridized carbons (Fsp3) is 0.765. The van der Waals surface area contributed by atoms with Crippen molar-refractivity contribution in [1.29, 1.82) is 0 Å². The molecule has 3 rings (SSSR count). The van der Waals surface area contributed by atoms with Gasteiger partial charge in [-0.1, -0.05) is 25.4 Å². The largest absolute Gasteiger partial charge is 0.364 e. The summed E-state index contributed by atoms with van der Waals surface area (Å²) in [5.74, 6) is 2.96. The fourth-order valence-corrected chi connectivity index (χ4v) is 4.65. The van der Waals surface area contributed by atoms with Crippen molar-refractivity contribution in [2.45, 2.75) is 58.9 Å². The number of nitrogens with one attached hydrogen (secondary N) is 1. The topological polar surface area (TPSA) is 55.1 Å². The molecule has 0 aliphatic heterocycles. The number of aryl methyl sites for hydroxylation is 1. The van der Waals surface area contributed by atoms with Crippen LogP contribution in [0.4, 0.5) is 0 Å². The lowest BCUT2D eigenvalue weighted by atomic mass is 9.61. The van der Waals surface area contributed by atoms with Gasteiger partial charge in [0.05, 0.1) is 5.69 Å². The molecule has 2 aliphatic carbocycles. The molecule has 1 N–H and O–H groups in total. The number of aromatic nitrogens is 1. The number of carbonyl (C=O) groups excluding carboxylic acids is 1. The molecule has 1 aromatic rings. The highest BCUT2D eigenvalue weighted by Gasteiger charge is 2.41. The molecular formula is C17H26N2O2. The maximum Gasteiger partial charge on any atom is 0.256 e. The van der Waals surface area contributed by atoms with Gasteiger partial charge in [-0.25, -0.2) is 0 Å². The van der Waals surface area contributed by atoms with Crippen molar-refractivity contribution in [3.05, 3.63) is 17.5 Å². The minimum atomic E-state index is -0.0229. The van der Waals surface area contributed by atoms with E-state index in [2.05, 4.69) is 24.3 Å². The summed E-state index contributed by atoms with van der Waals surface area (Å²) in [5.41, 5.74) is 1.25. The minimum Gasteiger partial charge on any atom is -0.364 e. The van der Waals surface area contributed by atoms with Crippen molar-refractivity contribution in [1.82, 2.24) is 10.5 Å². The van der Waals surface area contributed by atoms with E-state index in [0.29, 0.717) is 23.2 Å². The van der Waals surface area contributed by atoms with Gasteiger partial charge in [-0.15, -0.1) is 0 Å². The zero-order chi connectivity index (χ0) is 15.0. The number of nitrogens with zero attached hydrogens (tertiary/aromatic N) is 1. The molecule has 5 atom stereocenters. The average Bonchev–Trinajstić information content (AvgIpc) is 2.86. The summed E-state index contributed by atoms with van der Waals surface area (Å²) in [5, 5.41) is 7.06. The Hall–Kier alpha value is -1.32. The lowest BCUT2D eigenvalue weighted by Crippen LogP contribution is -2.49. The van der Waals surface area contributed by atoms with E-state index in [0.717, 1.165) is 24.2 Å². The molecule has 0 spiro atoms. The summed E-state index contributed by atoms with van der Waals surface area (Å²) < 4.78 is 4.89. The van der Waals surface area contributed by atoms with E-state index < -0.39 is 0 Å². The lowest BCUT2D eigenvalue weighted by molar-refractivity contribution is 0.0498. The molecule has 0 radical (unpaired) electrons. The number of carbonyl (C=O) groups is 1. The highest BCUT2D eigenvalue weighted by molar-refractivity contribution is 5.95. The lowest BCUT2D eigenvalue weighted by Gasteiger charge is -2.47. The van der Waals surface area contributed by atoms with Crippen LogP contribution in [0.15, 0.2) is 10.8 Å². The summed E-state index contributed by atoms with van der Waals surface area (Å²) in [6.07, 6.45) is 7.72. The molecule has 1 heterocycles. The van der Waals surface area contributed by atoms with E-state index in [1.165, 1.54) is 31.9 Å². The zero-order valence-electron chi connectivity index (χ0n) is 13.3. The van der Waals surface area contributed by atoms with Crippen LogP contribution in [0.1, 0.15) is 62.0 Å². The normalized spacial score (nSPS) is 36.0. The molecule has 1 amide bonds. The SMILES string of the molecule is Cc1nocc1C(=O)NC1CCCC2C(C)CC(C)CC12. The molecule has 4 nitrogen and oxygen atoms in total. The Labute approximate surface area is 126 Å². The smallest absolute Gasteiger partial charge is 0.256 e. The van der Waals surface area contributed by atoms with Crippen LogP contribution in [0, 0.1) is 30.6 Å². The van der Waals surface area contributed by atoms with E-state index in [9.17, 15) is 4.79 Å². The van der Waals surface area contributed by atoms with E-state index in [1.54, 1.807) is 0 Å². The number of hydrogen-bond acceptors (Lipinski definition) is 3. The summed E-state index contributed by atoms with van der Waals surface area (Å²) in [6.45, 7) is 6.55. The van der Waals surface area contributed by atoms with Crippen LogP contribution in [0.5, 0.6) is 0 Å². The average molecular weight is 290 g/mol. The molecular weight excluding hydrogens is 264 g/mol. The van der Waals surface area contributed by atoms with Gasteiger partial charge >= 0.3 is 0 Å². The van der Waals surface area contributed by atoms with Crippen molar-refractivity contribution in [2.24, 2.45) is 23.7 Å². The van der Waals surface area contributed by atoms with Crippen molar-refractivity contribution in [3.8, 4) is 0 Å². The highest BCUT2D eigenvalue weighted by atomic mass is 16.5. The van der Waals surface area contributed by atoms with Gasteiger partial charge in [-0.2, -0.15) is 0 Å². The Bertz CT molecular complexity index is 511. The summed E-state index contributed by atoms with van der Waals surface area (Å²) >= 11 is 0. The minimum absolute atomic E-state index is 0.0229. The zero-order valence-corrected chi connectivity index (χ0v) is 13.3. The Morgan fingerprint density at radius 1 is 1.29 bits per heavy atom. The number of rotatable bonds is 2. The molecule has 2 fully saturated rings. The first kappa shape index (κ1) is 14.6. The monoisotopic (exact) mass is 290 g/mol. The van der Waals surface area contributed by atoms with Gasteiger partial charge in [0.1, 0.15) is 11.8 Å². The quantitative estimate of drug-likeness (QED) is 0.906. The second-order valence-corrected chi connectivity index (χ2v) is 7.21. The predicted molar refractivity (Wildman–Crippen MR) is 80.9 cm³/mol. The van der Waals surface area contributed by atoms with Gasteiger partial charge in [-0.3, -0.25) is 4.79 Å². The first-order chi connectivity index (χ1) is 10.1. The third-order valence-corrected chi connectivity index (χ3v) is 5.61. The third-order valence-electron chi connectivity index (χ3n) is 5.61. The molecule has 0 saturated heterocycles. The van der Waals surface area contributed by atoms with Crippen LogP contribution in [0.2, 0.25) is 0 Å². The van der Waals surface area contributed by atoms with Crippen LogP contribution in [0.25, 0.3) is 0 Å². The Morgan fingerprint density at radius 2 is 2.10 bits per heavy atom. The van der Waals surface area contributed by atoms with Gasteiger partial charge in [0.25, 0.3) is 5.91 Å². The predicted octanol–water partition coefficient (Wildman–Crippen LogP) is 3.56. The second-order valence-electron chi connectivity index (χ2n) is 7.21. The first-order valence-corrected chi connectivity index (χ1v) is 8.28. The number of amides is 1. The van der Waals surface area contributed by atoms with Crippen LogP contribution >= 0.6 is 0 Å². The van der Waals surface area contributed by atoms with Gasteiger partial charge in [0, 0.05) is 6.04 Å². The fourth-order valence-electron chi connectivity index (χ4n) is 4.65. The highest BCUT2D eigenvalue weighted by Crippen LogP contribution is 2.45. The summed E-state index contributed by atoms with van der Waals surface area (Å²) in [6, 6.07) is 0.316. The Morgan fingerprint density at radius 3 is 2.81 bits per heavy atom. The third kappa shape index (κ3) is 2.85. The molecule has 21 heavy (non-hydrogen) atoms. The van der Waals surface area contributed by atoms with Crippen molar-refractivity contribution < 1.29 is 9.32 Å². The molecule has 1 aromatic heterocycles. The molecule has 2 aliphatic rings. The summed E-state index contributed by atoms with van der Waals surface area (Å²) in [4.78, 5) is 12.4. The second kappa shape index (κ2) is 5.82. The Balaban J connectivity index is 1.72. The maximum absolute atomic E-state index is 12.4. The molecule has 116 valence electrons. The van der Waals surface area contributed by atoms with Gasteiger partial charge < -0.3 is 9.84 Å². The van der Waals surface area contributed by atoms with Crippen LogP contribution in [0.3, 0.4) is 0 Å². The van der Waals surface area contributed by atoms with Crippen LogP contribution in [-0.2, 0) is 0 Å². The van der Waals surface area contributed by atoms with Gasteiger partial charge in [0.15, 0.2) is 0 Å². The number of hydrogen-bond donors (Lipinski definition) is 1.